The van der Waals surface area contributed by atoms with Gasteiger partial charge in [-0.25, -0.2) is 0 Å². The average Bonchev–Trinajstić information content (AvgIpc) is 2.71. The Balaban J connectivity index is 4.63. The molecular formula is C23H44O6. The Morgan fingerprint density at radius 1 is 0.931 bits per heavy atom. The number of rotatable bonds is 16. The fourth-order valence-electron chi connectivity index (χ4n) is 3.43. The second-order valence-electron chi connectivity index (χ2n) is 8.01. The molecule has 0 aromatic rings. The minimum Gasteiger partial charge on any atom is -0.394 e. The zero-order valence-electron chi connectivity index (χ0n) is 19.4. The summed E-state index contributed by atoms with van der Waals surface area (Å²) in [4.78, 5) is 0. The maximum absolute atomic E-state index is 10.4. The molecule has 0 fully saturated rings. The molecule has 172 valence electrons. The van der Waals surface area contributed by atoms with Crippen LogP contribution in [0.2, 0.25) is 0 Å². The monoisotopic (exact) mass is 416 g/mol. The van der Waals surface area contributed by atoms with Crippen molar-refractivity contribution in [3.05, 3.63) is 23.8 Å². The van der Waals surface area contributed by atoms with Crippen LogP contribution in [0, 0.1) is 11.8 Å². The number of methoxy groups -OCH3 is 3. The van der Waals surface area contributed by atoms with Crippen LogP contribution in [0.15, 0.2) is 23.8 Å². The molecule has 0 rings (SSSR count). The van der Waals surface area contributed by atoms with Gasteiger partial charge in [0.25, 0.3) is 0 Å². The van der Waals surface area contributed by atoms with Crippen LogP contribution < -0.4 is 0 Å². The molecule has 0 saturated carbocycles. The maximum atomic E-state index is 10.4. The van der Waals surface area contributed by atoms with E-state index < -0.39 is 12.2 Å². The van der Waals surface area contributed by atoms with E-state index in [0.29, 0.717) is 12.8 Å². The van der Waals surface area contributed by atoms with Gasteiger partial charge in [-0.15, -0.1) is 0 Å². The molecule has 7 atom stereocenters. The molecule has 3 N–H and O–H groups in total. The second-order valence-corrected chi connectivity index (χ2v) is 8.01. The van der Waals surface area contributed by atoms with Gasteiger partial charge < -0.3 is 29.5 Å². The Bertz CT molecular complexity index is 456. The van der Waals surface area contributed by atoms with E-state index in [1.54, 1.807) is 21.3 Å². The fourth-order valence-corrected chi connectivity index (χ4v) is 3.43. The molecule has 6 nitrogen and oxygen atoms in total. The van der Waals surface area contributed by atoms with Crippen molar-refractivity contribution in [1.82, 2.24) is 0 Å². The molecule has 6 heteroatoms. The molecule has 0 saturated heterocycles. The summed E-state index contributed by atoms with van der Waals surface area (Å²) >= 11 is 0. The summed E-state index contributed by atoms with van der Waals surface area (Å²) in [5, 5.41) is 30.1. The van der Waals surface area contributed by atoms with E-state index >= 15 is 0 Å². The summed E-state index contributed by atoms with van der Waals surface area (Å²) < 4.78 is 16.1. The summed E-state index contributed by atoms with van der Waals surface area (Å²) in [5.74, 6) is -0.104. The highest BCUT2D eigenvalue weighted by Crippen LogP contribution is 2.21. The van der Waals surface area contributed by atoms with Gasteiger partial charge in [0.2, 0.25) is 0 Å². The van der Waals surface area contributed by atoms with Crippen LogP contribution in [0.3, 0.4) is 0 Å². The molecule has 0 bridgehead atoms. The van der Waals surface area contributed by atoms with Crippen molar-refractivity contribution in [1.29, 1.82) is 0 Å². The van der Waals surface area contributed by atoms with Gasteiger partial charge in [-0.2, -0.15) is 0 Å². The number of hydrogen-bond donors (Lipinski definition) is 3. The van der Waals surface area contributed by atoms with Crippen molar-refractivity contribution in [2.75, 3.05) is 27.9 Å². The largest absolute Gasteiger partial charge is 0.394 e. The minimum atomic E-state index is -0.620. The number of ether oxygens (including phenoxy) is 3. The third kappa shape index (κ3) is 11.3. The lowest BCUT2D eigenvalue weighted by Gasteiger charge is -2.28. The van der Waals surface area contributed by atoms with E-state index in [0.717, 1.165) is 18.4 Å². The molecular weight excluding hydrogens is 372 g/mol. The first-order chi connectivity index (χ1) is 13.7. The third-order valence-electron chi connectivity index (χ3n) is 5.73. The highest BCUT2D eigenvalue weighted by Gasteiger charge is 2.26. The first-order valence-electron chi connectivity index (χ1n) is 10.6. The number of allylic oxidation sites excluding steroid dienone is 2. The molecule has 0 aromatic heterocycles. The van der Waals surface area contributed by atoms with Crippen LogP contribution in [-0.4, -0.2) is 73.8 Å². The van der Waals surface area contributed by atoms with Gasteiger partial charge in [0, 0.05) is 46.0 Å². The van der Waals surface area contributed by atoms with Crippen molar-refractivity contribution in [3.63, 3.8) is 0 Å². The first-order valence-corrected chi connectivity index (χ1v) is 10.6. The molecule has 0 aromatic carbocycles. The zero-order valence-corrected chi connectivity index (χ0v) is 19.4. The molecule has 0 radical (unpaired) electrons. The SMILES string of the molecule is CCC(OC)C(C)[C@@H](O)CC(O)C(C)/C=C/C=C(\C)CC(CC(CO)OC)OC. The van der Waals surface area contributed by atoms with Crippen LogP contribution in [0.4, 0.5) is 0 Å². The average molecular weight is 417 g/mol. The standard InChI is InChI=1S/C23H44O6/c1-8-23(29-7)18(4)22(26)14-21(25)17(3)11-9-10-16(2)12-19(27-5)13-20(15-24)28-6/h9-11,17-26H,8,12-15H2,1-7H3/b11-9+,16-10+/t17?,18?,19?,20?,21?,22-,23?/m0/s1. The van der Waals surface area contributed by atoms with Gasteiger partial charge in [-0.1, -0.05) is 44.6 Å². The number of aliphatic hydroxyl groups excluding tert-OH is 3. The van der Waals surface area contributed by atoms with Gasteiger partial charge in [-0.05, 0) is 19.8 Å². The van der Waals surface area contributed by atoms with Gasteiger partial charge in [0.1, 0.15) is 0 Å². The Morgan fingerprint density at radius 2 is 1.55 bits per heavy atom. The van der Waals surface area contributed by atoms with E-state index in [2.05, 4.69) is 0 Å². The lowest BCUT2D eigenvalue weighted by atomic mass is 9.89. The van der Waals surface area contributed by atoms with Gasteiger partial charge >= 0.3 is 0 Å². The van der Waals surface area contributed by atoms with Gasteiger partial charge in [0.05, 0.1) is 37.1 Å². The van der Waals surface area contributed by atoms with Crippen LogP contribution in [-0.2, 0) is 14.2 Å². The first kappa shape index (κ1) is 28.2. The number of hydrogen-bond acceptors (Lipinski definition) is 6. The van der Waals surface area contributed by atoms with E-state index in [-0.39, 0.29) is 36.8 Å². The molecule has 0 heterocycles. The lowest BCUT2D eigenvalue weighted by Crippen LogP contribution is -2.34. The topological polar surface area (TPSA) is 88.4 Å². The van der Waals surface area contributed by atoms with Crippen LogP contribution in [0.5, 0.6) is 0 Å². The molecule has 0 aliphatic carbocycles. The van der Waals surface area contributed by atoms with Crippen LogP contribution in [0.1, 0.15) is 53.4 Å². The predicted octanol–water partition coefficient (Wildman–Crippen LogP) is 3.10. The van der Waals surface area contributed by atoms with Gasteiger partial charge in [-0.3, -0.25) is 0 Å². The van der Waals surface area contributed by atoms with Crippen molar-refractivity contribution in [3.8, 4) is 0 Å². The Labute approximate surface area is 177 Å². The second kappa shape index (κ2) is 16.0. The molecule has 29 heavy (non-hydrogen) atoms. The van der Waals surface area contributed by atoms with Crippen LogP contribution >= 0.6 is 0 Å². The van der Waals surface area contributed by atoms with E-state index in [1.165, 1.54) is 0 Å². The number of aliphatic hydroxyl groups is 3. The highest BCUT2D eigenvalue weighted by atomic mass is 16.5. The van der Waals surface area contributed by atoms with E-state index in [4.69, 9.17) is 14.2 Å². The van der Waals surface area contributed by atoms with Gasteiger partial charge in [0.15, 0.2) is 0 Å². The summed E-state index contributed by atoms with van der Waals surface area (Å²) in [6.07, 6.45) is 6.93. The normalized spacial score (nSPS) is 20.3. The molecule has 6 unspecified atom stereocenters. The molecule has 0 aliphatic heterocycles. The highest BCUT2D eigenvalue weighted by molar-refractivity contribution is 5.12. The lowest BCUT2D eigenvalue weighted by molar-refractivity contribution is -0.0307. The van der Waals surface area contributed by atoms with E-state index in [9.17, 15) is 15.3 Å². The molecule has 0 aliphatic rings. The van der Waals surface area contributed by atoms with Crippen molar-refractivity contribution >= 4 is 0 Å². The third-order valence-corrected chi connectivity index (χ3v) is 5.73. The quantitative estimate of drug-likeness (QED) is 0.335. The Morgan fingerprint density at radius 3 is 2.03 bits per heavy atom. The van der Waals surface area contributed by atoms with E-state index in [1.807, 2.05) is 45.9 Å². The Kier molecular flexibility index (Phi) is 15.6. The smallest absolute Gasteiger partial charge is 0.0826 e. The maximum Gasteiger partial charge on any atom is 0.0826 e. The summed E-state index contributed by atoms with van der Waals surface area (Å²) in [5.41, 5.74) is 1.14. The summed E-state index contributed by atoms with van der Waals surface area (Å²) in [6.45, 7) is 7.93. The molecule has 0 amide bonds. The van der Waals surface area contributed by atoms with Crippen LogP contribution in [0.25, 0.3) is 0 Å². The van der Waals surface area contributed by atoms with Crippen molar-refractivity contribution in [2.45, 2.75) is 83.9 Å². The summed E-state index contributed by atoms with van der Waals surface area (Å²) in [6, 6.07) is 0. The van der Waals surface area contributed by atoms with Crippen molar-refractivity contribution in [2.24, 2.45) is 11.8 Å². The minimum absolute atomic E-state index is 0.00843. The summed E-state index contributed by atoms with van der Waals surface area (Å²) in [7, 11) is 4.90. The van der Waals surface area contributed by atoms with Crippen molar-refractivity contribution < 1.29 is 29.5 Å². The zero-order chi connectivity index (χ0) is 22.4. The molecule has 0 spiro atoms. The predicted molar refractivity (Wildman–Crippen MR) is 117 cm³/mol. The Hall–Kier alpha value is -0.760. The fraction of sp³-hybridized carbons (Fsp3) is 0.826.